The summed E-state index contributed by atoms with van der Waals surface area (Å²) in [6, 6.07) is 12.3. The molecule has 32 heavy (non-hydrogen) atoms. The average molecular weight is 451 g/mol. The second kappa shape index (κ2) is 9.60. The Kier molecular flexibility index (Phi) is 6.64. The molecule has 0 unspecified atom stereocenters. The Morgan fingerprint density at radius 3 is 2.66 bits per heavy atom. The molecule has 1 fully saturated rings. The van der Waals surface area contributed by atoms with Gasteiger partial charge in [-0.1, -0.05) is 6.07 Å². The molecule has 3 N–H and O–H groups in total. The number of hydrogen-bond acceptors (Lipinski definition) is 7. The molecule has 0 saturated carbocycles. The lowest BCUT2D eigenvalue weighted by Crippen LogP contribution is -2.42. The highest BCUT2D eigenvalue weighted by Gasteiger charge is 2.12. The van der Waals surface area contributed by atoms with Crippen molar-refractivity contribution >= 4 is 35.2 Å². The van der Waals surface area contributed by atoms with Crippen molar-refractivity contribution < 1.29 is 0 Å². The van der Waals surface area contributed by atoms with Gasteiger partial charge in [0.1, 0.15) is 11.6 Å². The van der Waals surface area contributed by atoms with E-state index in [1.807, 2.05) is 32.0 Å². The van der Waals surface area contributed by atoms with E-state index in [0.29, 0.717) is 5.95 Å². The van der Waals surface area contributed by atoms with Crippen LogP contribution >= 0.6 is 12.4 Å². The summed E-state index contributed by atoms with van der Waals surface area (Å²) in [6.07, 6.45) is 1.78. The first-order chi connectivity index (χ1) is 15.1. The van der Waals surface area contributed by atoms with Gasteiger partial charge in [0.15, 0.2) is 0 Å². The molecule has 1 aromatic carbocycles. The third kappa shape index (κ3) is 5.04. The van der Waals surface area contributed by atoms with Crippen molar-refractivity contribution in [2.24, 2.45) is 0 Å². The van der Waals surface area contributed by atoms with Crippen molar-refractivity contribution in [2.45, 2.75) is 20.4 Å². The van der Waals surface area contributed by atoms with Crippen molar-refractivity contribution in [3.05, 3.63) is 59.7 Å². The van der Waals surface area contributed by atoms with Crippen LogP contribution in [0, 0.1) is 13.8 Å². The summed E-state index contributed by atoms with van der Waals surface area (Å²) in [4.78, 5) is 23.8. The lowest BCUT2D eigenvalue weighted by Gasteiger charge is -2.27. The zero-order valence-electron chi connectivity index (χ0n) is 18.2. The number of rotatable bonds is 5. The van der Waals surface area contributed by atoms with Gasteiger partial charge in [0, 0.05) is 50.2 Å². The van der Waals surface area contributed by atoms with Gasteiger partial charge in [-0.3, -0.25) is 4.90 Å². The second-order valence-corrected chi connectivity index (χ2v) is 7.96. The molecule has 4 heterocycles. The number of nitrogens with one attached hydrogen (secondary N) is 3. The zero-order valence-corrected chi connectivity index (χ0v) is 19.0. The molecular weight excluding hydrogens is 424 g/mol. The number of pyridine rings is 1. The first-order valence-electron chi connectivity index (χ1n) is 10.6. The highest BCUT2D eigenvalue weighted by molar-refractivity contribution is 5.85. The number of anilines is 2. The third-order valence-electron chi connectivity index (χ3n) is 5.43. The van der Waals surface area contributed by atoms with Gasteiger partial charge in [-0.2, -0.15) is 0 Å². The molecule has 0 atom stereocenters. The predicted molar refractivity (Wildman–Crippen MR) is 130 cm³/mol. The normalized spacial score (nSPS) is 14.3. The molecule has 4 aromatic rings. The Hall–Kier alpha value is -3.07. The van der Waals surface area contributed by atoms with E-state index in [2.05, 4.69) is 58.7 Å². The van der Waals surface area contributed by atoms with Crippen LogP contribution < -0.4 is 10.6 Å². The number of fused-ring (bicyclic) bond motifs is 1. The Morgan fingerprint density at radius 2 is 1.84 bits per heavy atom. The summed E-state index contributed by atoms with van der Waals surface area (Å²) >= 11 is 0. The van der Waals surface area contributed by atoms with Crippen LogP contribution in [-0.2, 0) is 6.54 Å². The second-order valence-electron chi connectivity index (χ2n) is 7.96. The lowest BCUT2D eigenvalue weighted by molar-refractivity contribution is 0.233. The van der Waals surface area contributed by atoms with Crippen molar-refractivity contribution in [1.29, 1.82) is 0 Å². The molecular formula is C23H27ClN8. The molecule has 0 amide bonds. The van der Waals surface area contributed by atoms with E-state index >= 15 is 0 Å². The Balaban J connectivity index is 0.00000245. The number of aryl methyl sites for hydroxylation is 2. The molecule has 3 aromatic heterocycles. The average Bonchev–Trinajstić information content (AvgIpc) is 3.15. The Labute approximate surface area is 193 Å². The molecule has 0 aliphatic carbocycles. The van der Waals surface area contributed by atoms with Crippen molar-refractivity contribution in [3.8, 4) is 11.3 Å². The smallest absolute Gasteiger partial charge is 0.206 e. The topological polar surface area (TPSA) is 94.6 Å². The molecule has 1 aliphatic heterocycles. The molecule has 1 aliphatic rings. The van der Waals surface area contributed by atoms with Gasteiger partial charge in [0.05, 0.1) is 16.7 Å². The minimum atomic E-state index is 0. The van der Waals surface area contributed by atoms with Crippen molar-refractivity contribution in [2.75, 3.05) is 31.5 Å². The van der Waals surface area contributed by atoms with E-state index in [-0.39, 0.29) is 12.4 Å². The first-order valence-corrected chi connectivity index (χ1v) is 10.6. The number of aromatic amines is 1. The van der Waals surface area contributed by atoms with Gasteiger partial charge in [-0.15, -0.1) is 12.4 Å². The molecule has 5 rings (SSSR count). The van der Waals surface area contributed by atoms with Gasteiger partial charge < -0.3 is 15.6 Å². The summed E-state index contributed by atoms with van der Waals surface area (Å²) in [5.74, 6) is 2.24. The minimum absolute atomic E-state index is 0. The van der Waals surface area contributed by atoms with Crippen LogP contribution in [0.1, 0.15) is 17.1 Å². The maximum Gasteiger partial charge on any atom is 0.206 e. The molecule has 0 bridgehead atoms. The SMILES string of the molecule is Cc1cc(CN2CCNCC2)cc(Nc2nc3ccc(-c4ccnc(C)n4)cc3[nH]2)n1.Cl. The van der Waals surface area contributed by atoms with Gasteiger partial charge in [-0.05, 0) is 49.7 Å². The lowest BCUT2D eigenvalue weighted by atomic mass is 10.1. The number of halogens is 1. The van der Waals surface area contributed by atoms with Crippen LogP contribution in [0.4, 0.5) is 11.8 Å². The van der Waals surface area contributed by atoms with Crippen LogP contribution in [0.3, 0.4) is 0 Å². The third-order valence-corrected chi connectivity index (χ3v) is 5.43. The molecule has 166 valence electrons. The summed E-state index contributed by atoms with van der Waals surface area (Å²) in [7, 11) is 0. The Bertz CT molecular complexity index is 1220. The van der Waals surface area contributed by atoms with Crippen LogP contribution in [0.5, 0.6) is 0 Å². The van der Waals surface area contributed by atoms with Crippen molar-refractivity contribution in [3.63, 3.8) is 0 Å². The van der Waals surface area contributed by atoms with E-state index in [4.69, 9.17) is 0 Å². The largest absolute Gasteiger partial charge is 0.324 e. The number of H-pyrrole nitrogens is 1. The van der Waals surface area contributed by atoms with E-state index in [1.54, 1.807) is 6.20 Å². The number of aromatic nitrogens is 5. The summed E-state index contributed by atoms with van der Waals surface area (Å²) in [6.45, 7) is 9.09. The summed E-state index contributed by atoms with van der Waals surface area (Å²) < 4.78 is 0. The van der Waals surface area contributed by atoms with Gasteiger partial charge in [-0.25, -0.2) is 19.9 Å². The van der Waals surface area contributed by atoms with Crippen LogP contribution in [0.2, 0.25) is 0 Å². The summed E-state index contributed by atoms with van der Waals surface area (Å²) in [5, 5.41) is 6.75. The fourth-order valence-corrected chi connectivity index (χ4v) is 3.99. The van der Waals surface area contributed by atoms with Crippen molar-refractivity contribution in [1.82, 2.24) is 35.1 Å². The Morgan fingerprint density at radius 1 is 1.00 bits per heavy atom. The molecule has 0 radical (unpaired) electrons. The quantitative estimate of drug-likeness (QED) is 0.427. The molecule has 0 spiro atoms. The van der Waals surface area contributed by atoms with E-state index in [1.165, 1.54) is 5.56 Å². The highest BCUT2D eigenvalue weighted by atomic mass is 35.5. The number of benzene rings is 1. The highest BCUT2D eigenvalue weighted by Crippen LogP contribution is 2.24. The predicted octanol–water partition coefficient (Wildman–Crippen LogP) is 3.60. The first kappa shape index (κ1) is 22.1. The number of nitrogens with zero attached hydrogens (tertiary/aromatic N) is 5. The molecule has 9 heteroatoms. The summed E-state index contributed by atoms with van der Waals surface area (Å²) in [5.41, 5.74) is 6.02. The van der Waals surface area contributed by atoms with Crippen LogP contribution in [0.15, 0.2) is 42.6 Å². The minimum Gasteiger partial charge on any atom is -0.324 e. The molecule has 1 saturated heterocycles. The van der Waals surface area contributed by atoms with E-state index in [9.17, 15) is 0 Å². The number of hydrogen-bond donors (Lipinski definition) is 3. The van der Waals surface area contributed by atoms with E-state index < -0.39 is 0 Å². The standard InChI is InChI=1S/C23H26N8.ClH/c1-15-11-17(14-31-9-7-24-8-10-31)12-22(26-15)30-23-28-20-4-3-18(13-21(20)29-23)19-5-6-25-16(2)27-19;/h3-6,11-13,24H,7-10,14H2,1-2H3,(H2,26,28,29,30);1H. The monoisotopic (exact) mass is 450 g/mol. The number of imidazole rings is 1. The zero-order chi connectivity index (χ0) is 21.2. The van der Waals surface area contributed by atoms with Crippen LogP contribution in [0.25, 0.3) is 22.3 Å². The fraction of sp³-hybridized carbons (Fsp3) is 0.304. The van der Waals surface area contributed by atoms with Crippen LogP contribution in [-0.4, -0.2) is 56.0 Å². The molecule has 8 nitrogen and oxygen atoms in total. The van der Waals surface area contributed by atoms with Gasteiger partial charge in [0.25, 0.3) is 0 Å². The van der Waals surface area contributed by atoms with Gasteiger partial charge >= 0.3 is 0 Å². The maximum atomic E-state index is 4.68. The fourth-order valence-electron chi connectivity index (χ4n) is 3.99. The number of piperazine rings is 1. The maximum absolute atomic E-state index is 4.68. The van der Waals surface area contributed by atoms with Gasteiger partial charge in [0.2, 0.25) is 5.95 Å². The van der Waals surface area contributed by atoms with E-state index in [0.717, 1.165) is 72.4 Å².